The second kappa shape index (κ2) is 12.5. The topological polar surface area (TPSA) is 121 Å². The van der Waals surface area contributed by atoms with Crippen LogP contribution in [0.25, 0.3) is 10.9 Å². The highest BCUT2D eigenvalue weighted by atomic mass is 16.5. The van der Waals surface area contributed by atoms with Crippen LogP contribution in [0.1, 0.15) is 28.8 Å². The van der Waals surface area contributed by atoms with E-state index in [1.807, 2.05) is 91.9 Å². The Morgan fingerprint density at radius 2 is 1.71 bits per heavy atom. The first-order valence-corrected chi connectivity index (χ1v) is 14.1. The molecule has 1 aromatic heterocycles. The Morgan fingerprint density at radius 3 is 2.43 bits per heavy atom. The Bertz CT molecular complexity index is 1590. The lowest BCUT2D eigenvalue weighted by Crippen LogP contribution is -2.47. The van der Waals surface area contributed by atoms with Gasteiger partial charge in [-0.1, -0.05) is 60.7 Å². The fraction of sp³-hybridized carbons (Fsp3) is 0.294. The quantitative estimate of drug-likeness (QED) is 0.248. The lowest BCUT2D eigenvalue weighted by Gasteiger charge is -2.22. The van der Waals surface area contributed by atoms with Crippen LogP contribution in [-0.4, -0.2) is 42.3 Å². The number of ether oxygens (including phenoxy) is 2. The maximum Gasteiger partial charge on any atom is 0.328 e. The second-order valence-electron chi connectivity index (χ2n) is 10.9. The van der Waals surface area contributed by atoms with Crippen molar-refractivity contribution < 1.29 is 23.9 Å². The van der Waals surface area contributed by atoms with Crippen molar-refractivity contribution in [3.63, 3.8) is 0 Å². The molecule has 0 spiro atoms. The maximum absolute atomic E-state index is 13.7. The highest BCUT2D eigenvalue weighted by Gasteiger charge is 2.62. The third kappa shape index (κ3) is 6.34. The lowest BCUT2D eigenvalue weighted by molar-refractivity contribution is -0.145. The number of rotatable bonds is 12. The summed E-state index contributed by atoms with van der Waals surface area (Å²) in [4.78, 5) is 43.5. The molecular weight excluding hydrogens is 530 g/mol. The van der Waals surface area contributed by atoms with E-state index in [1.54, 1.807) is 0 Å². The molecule has 1 aliphatic carbocycles. The van der Waals surface area contributed by atoms with Crippen molar-refractivity contribution in [1.29, 1.82) is 0 Å². The minimum absolute atomic E-state index is 0.139. The van der Waals surface area contributed by atoms with Crippen molar-refractivity contribution in [2.45, 2.75) is 38.8 Å². The summed E-state index contributed by atoms with van der Waals surface area (Å²) in [5, 5.41) is 3.93. The van der Waals surface area contributed by atoms with Gasteiger partial charge in [-0.2, -0.15) is 0 Å². The van der Waals surface area contributed by atoms with Crippen molar-refractivity contribution in [2.75, 3.05) is 13.7 Å². The summed E-state index contributed by atoms with van der Waals surface area (Å²) in [5.41, 5.74) is 9.37. The van der Waals surface area contributed by atoms with Gasteiger partial charge in [0.25, 0.3) is 0 Å². The summed E-state index contributed by atoms with van der Waals surface area (Å²) in [7, 11) is 1.29. The number of hydrogen-bond acceptors (Lipinski definition) is 7. The number of para-hydroxylation sites is 1. The summed E-state index contributed by atoms with van der Waals surface area (Å²) in [6.45, 7) is 2.21. The van der Waals surface area contributed by atoms with Gasteiger partial charge in [-0.15, -0.1) is 0 Å². The number of methoxy groups -OCH3 is 1. The predicted molar refractivity (Wildman–Crippen MR) is 160 cm³/mol. The first-order chi connectivity index (χ1) is 20.3. The molecule has 1 aliphatic rings. The summed E-state index contributed by atoms with van der Waals surface area (Å²) in [5.74, 6) is -0.863. The fourth-order valence-corrected chi connectivity index (χ4v) is 5.63. The normalized spacial score (nSPS) is 18.2. The molecular formula is C34H35N3O5. The van der Waals surface area contributed by atoms with E-state index in [0.29, 0.717) is 25.2 Å². The molecule has 8 heteroatoms. The van der Waals surface area contributed by atoms with Gasteiger partial charge in [0.05, 0.1) is 24.6 Å². The Kier molecular flexibility index (Phi) is 8.64. The Hall–Kier alpha value is -4.56. The Balaban J connectivity index is 1.30. The van der Waals surface area contributed by atoms with E-state index in [9.17, 15) is 14.4 Å². The number of hydrogen-bond donors (Lipinski definition) is 2. The predicted octanol–water partition coefficient (Wildman–Crippen LogP) is 4.10. The third-order valence-corrected chi connectivity index (χ3v) is 7.96. The number of ketones is 1. The highest BCUT2D eigenvalue weighted by molar-refractivity contribution is 5.99. The zero-order chi connectivity index (χ0) is 29.7. The van der Waals surface area contributed by atoms with E-state index < -0.39 is 23.3 Å². The van der Waals surface area contributed by atoms with Gasteiger partial charge in [0.2, 0.25) is 5.91 Å². The average Bonchev–Trinajstić information content (AvgIpc) is 3.75. The number of nitrogens with zero attached hydrogens (tertiary/aromatic N) is 1. The molecule has 8 nitrogen and oxygen atoms in total. The van der Waals surface area contributed by atoms with Crippen LogP contribution in [0.15, 0.2) is 84.9 Å². The molecule has 0 saturated heterocycles. The summed E-state index contributed by atoms with van der Waals surface area (Å²) in [6.07, 6.45) is 0.993. The number of aromatic nitrogens is 1. The number of fused-ring (bicyclic) bond motifs is 1. The number of amides is 1. The Morgan fingerprint density at radius 1 is 1.00 bits per heavy atom. The zero-order valence-electron chi connectivity index (χ0n) is 23.8. The lowest BCUT2D eigenvalue weighted by atomic mass is 9.90. The molecule has 1 heterocycles. The highest BCUT2D eigenvalue weighted by Crippen LogP contribution is 2.55. The van der Waals surface area contributed by atoms with Gasteiger partial charge in [-0.3, -0.25) is 14.6 Å². The van der Waals surface area contributed by atoms with Crippen LogP contribution in [0.5, 0.6) is 5.75 Å². The van der Waals surface area contributed by atoms with Crippen molar-refractivity contribution in [2.24, 2.45) is 17.1 Å². The largest absolute Gasteiger partial charge is 0.489 e. The summed E-state index contributed by atoms with van der Waals surface area (Å²) < 4.78 is 11.1. The molecule has 0 aliphatic heterocycles. The van der Waals surface area contributed by atoms with E-state index in [0.717, 1.165) is 33.3 Å². The van der Waals surface area contributed by atoms with Crippen molar-refractivity contribution >= 4 is 28.6 Å². The monoisotopic (exact) mass is 565 g/mol. The molecule has 216 valence electrons. The van der Waals surface area contributed by atoms with Crippen LogP contribution in [0.2, 0.25) is 0 Å². The van der Waals surface area contributed by atoms with Crippen LogP contribution in [0, 0.1) is 18.3 Å². The van der Waals surface area contributed by atoms with Crippen LogP contribution >= 0.6 is 0 Å². The van der Waals surface area contributed by atoms with Gasteiger partial charge in [0, 0.05) is 29.0 Å². The first kappa shape index (κ1) is 29.0. The minimum Gasteiger partial charge on any atom is -0.489 e. The zero-order valence-corrected chi connectivity index (χ0v) is 23.8. The standard InChI is InChI=1S/C34H35N3O5/c1-22-16-25(27-10-6-7-11-29(27)36-22)21-42-26-14-12-24(13-15-26)18-34(19-28(34)31(38)20-35)33(40)37-30(32(39)41-2)17-23-8-4-3-5-9-23/h3-16,28,30H,17-21,35H2,1-2H3,(H,37,40)/t28-,30+,34+/m1/s1. The number of pyridine rings is 1. The molecule has 3 N–H and O–H groups in total. The van der Waals surface area contributed by atoms with E-state index in [-0.39, 0.29) is 24.7 Å². The molecule has 1 saturated carbocycles. The molecule has 0 radical (unpaired) electrons. The van der Waals surface area contributed by atoms with E-state index in [1.165, 1.54) is 7.11 Å². The van der Waals surface area contributed by atoms with Crippen LogP contribution in [0.4, 0.5) is 0 Å². The smallest absolute Gasteiger partial charge is 0.328 e. The SMILES string of the molecule is COC(=O)[C@H](Cc1ccccc1)NC(=O)[C@@]1(Cc2ccc(OCc3cc(C)nc4ccccc34)cc2)C[C@@H]1C(=O)CN. The molecule has 4 aromatic rings. The van der Waals surface area contributed by atoms with E-state index in [4.69, 9.17) is 15.2 Å². The molecule has 42 heavy (non-hydrogen) atoms. The van der Waals surface area contributed by atoms with Crippen LogP contribution < -0.4 is 15.8 Å². The second-order valence-corrected chi connectivity index (χ2v) is 10.9. The number of aryl methyl sites for hydroxylation is 1. The third-order valence-electron chi connectivity index (χ3n) is 7.96. The number of carbonyl (C=O) groups excluding carboxylic acids is 3. The van der Waals surface area contributed by atoms with Crippen molar-refractivity contribution in [3.05, 3.63) is 107 Å². The molecule has 1 fully saturated rings. The maximum atomic E-state index is 13.7. The van der Waals surface area contributed by atoms with Gasteiger partial charge >= 0.3 is 5.97 Å². The van der Waals surface area contributed by atoms with E-state index in [2.05, 4.69) is 10.3 Å². The number of Topliss-reactive ketones (excluding diaryl/α,β-unsaturated/α-hetero) is 1. The molecule has 3 aromatic carbocycles. The fourth-order valence-electron chi connectivity index (χ4n) is 5.63. The number of carbonyl (C=O) groups is 3. The summed E-state index contributed by atoms with van der Waals surface area (Å²) in [6, 6.07) is 26.1. The van der Waals surface area contributed by atoms with Gasteiger partial charge in [0.15, 0.2) is 5.78 Å². The van der Waals surface area contributed by atoms with Gasteiger partial charge in [-0.25, -0.2) is 4.79 Å². The van der Waals surface area contributed by atoms with Crippen LogP contribution in [-0.2, 0) is 38.6 Å². The number of nitrogens with two attached hydrogens (primary N) is 1. The number of benzene rings is 3. The first-order valence-electron chi connectivity index (χ1n) is 14.1. The van der Waals surface area contributed by atoms with Crippen molar-refractivity contribution in [1.82, 2.24) is 10.3 Å². The average molecular weight is 566 g/mol. The molecule has 0 bridgehead atoms. The number of esters is 1. The molecule has 5 rings (SSSR count). The number of nitrogens with one attached hydrogen (secondary N) is 1. The molecule has 1 amide bonds. The summed E-state index contributed by atoms with van der Waals surface area (Å²) >= 11 is 0. The van der Waals surface area contributed by atoms with Gasteiger partial charge in [-0.05, 0) is 55.2 Å². The molecule has 3 atom stereocenters. The van der Waals surface area contributed by atoms with Gasteiger partial charge < -0.3 is 20.5 Å². The Labute approximate surface area is 245 Å². The van der Waals surface area contributed by atoms with E-state index >= 15 is 0 Å². The van der Waals surface area contributed by atoms with Gasteiger partial charge in [0.1, 0.15) is 18.4 Å². The van der Waals surface area contributed by atoms with Crippen molar-refractivity contribution in [3.8, 4) is 5.75 Å². The molecule has 0 unspecified atom stereocenters. The van der Waals surface area contributed by atoms with Crippen LogP contribution in [0.3, 0.4) is 0 Å². The minimum atomic E-state index is -0.977.